The largest absolute Gasteiger partial charge is 0.465 e. The Labute approximate surface area is 165 Å². The van der Waals surface area contributed by atoms with E-state index in [1.165, 1.54) is 0 Å². The fourth-order valence-corrected chi connectivity index (χ4v) is 3.41. The van der Waals surface area contributed by atoms with Crippen molar-refractivity contribution in [3.05, 3.63) is 71.8 Å². The minimum absolute atomic E-state index is 0.0958. The molecule has 6 heteroatoms. The van der Waals surface area contributed by atoms with Gasteiger partial charge in [-0.15, -0.1) is 11.6 Å². The van der Waals surface area contributed by atoms with Crippen LogP contribution in [-0.2, 0) is 4.79 Å². The summed E-state index contributed by atoms with van der Waals surface area (Å²) >= 11 is 5.77. The van der Waals surface area contributed by atoms with Crippen LogP contribution in [0.1, 0.15) is 30.9 Å². The Bertz CT molecular complexity index is 698. The highest BCUT2D eigenvalue weighted by molar-refractivity contribution is 6.27. The molecule has 5 nitrogen and oxygen atoms in total. The van der Waals surface area contributed by atoms with Gasteiger partial charge in [0.25, 0.3) is 0 Å². The molecule has 2 amide bonds. The molecular formula is C21H25ClN2O3. The summed E-state index contributed by atoms with van der Waals surface area (Å²) in [7, 11) is 0. The fraction of sp³-hybridized carbons (Fsp3) is 0.333. The number of carbonyl (C=O) groups is 2. The van der Waals surface area contributed by atoms with Crippen molar-refractivity contribution in [1.82, 2.24) is 10.2 Å². The number of benzene rings is 2. The van der Waals surface area contributed by atoms with Crippen LogP contribution in [0, 0.1) is 0 Å². The van der Waals surface area contributed by atoms with Crippen LogP contribution < -0.4 is 5.32 Å². The van der Waals surface area contributed by atoms with Crippen LogP contribution in [0.2, 0.25) is 0 Å². The van der Waals surface area contributed by atoms with Gasteiger partial charge >= 0.3 is 6.09 Å². The summed E-state index contributed by atoms with van der Waals surface area (Å²) < 4.78 is 0. The van der Waals surface area contributed by atoms with Gasteiger partial charge in [0.1, 0.15) is 5.88 Å². The van der Waals surface area contributed by atoms with Crippen LogP contribution in [0.5, 0.6) is 0 Å². The Morgan fingerprint density at radius 1 is 1.00 bits per heavy atom. The fourth-order valence-electron chi connectivity index (χ4n) is 3.26. The molecule has 144 valence electrons. The van der Waals surface area contributed by atoms with E-state index in [0.29, 0.717) is 0 Å². The van der Waals surface area contributed by atoms with Gasteiger partial charge in [-0.2, -0.15) is 0 Å². The topological polar surface area (TPSA) is 69.6 Å². The summed E-state index contributed by atoms with van der Waals surface area (Å²) in [5.74, 6) is -0.601. The maximum absolute atomic E-state index is 12.3. The third kappa shape index (κ3) is 5.73. The number of amides is 2. The summed E-state index contributed by atoms with van der Waals surface area (Å²) in [5.41, 5.74) is 1.95. The molecule has 0 radical (unpaired) electrons. The zero-order valence-electron chi connectivity index (χ0n) is 15.5. The Balaban J connectivity index is 2.47. The van der Waals surface area contributed by atoms with Crippen LogP contribution in [0.3, 0.4) is 0 Å². The van der Waals surface area contributed by atoms with Crippen molar-refractivity contribution in [3.8, 4) is 0 Å². The molecule has 0 saturated carbocycles. The second-order valence-corrected chi connectivity index (χ2v) is 6.90. The number of hydrogen-bond acceptors (Lipinski definition) is 2. The van der Waals surface area contributed by atoms with E-state index in [9.17, 15) is 14.7 Å². The highest BCUT2D eigenvalue weighted by Crippen LogP contribution is 2.29. The molecule has 0 aliphatic carbocycles. The number of alkyl halides is 1. The number of carbonyl (C=O) groups excluding carboxylic acids is 1. The molecule has 0 fully saturated rings. The molecule has 0 spiro atoms. The van der Waals surface area contributed by atoms with Gasteiger partial charge in [0.05, 0.1) is 6.04 Å². The molecular weight excluding hydrogens is 364 g/mol. The van der Waals surface area contributed by atoms with Crippen molar-refractivity contribution in [3.63, 3.8) is 0 Å². The number of halogens is 1. The average molecular weight is 389 g/mol. The Morgan fingerprint density at radius 2 is 1.48 bits per heavy atom. The predicted molar refractivity (Wildman–Crippen MR) is 107 cm³/mol. The summed E-state index contributed by atoms with van der Waals surface area (Å²) in [5, 5.41) is 12.1. The van der Waals surface area contributed by atoms with E-state index in [2.05, 4.69) is 5.32 Å². The minimum Gasteiger partial charge on any atom is -0.465 e. The maximum Gasteiger partial charge on any atom is 0.404 e. The second kappa shape index (κ2) is 9.97. The first kappa shape index (κ1) is 20.8. The van der Waals surface area contributed by atoms with E-state index < -0.39 is 12.1 Å². The Kier molecular flexibility index (Phi) is 7.67. The molecule has 0 aliphatic rings. The lowest BCUT2D eigenvalue weighted by molar-refractivity contribution is -0.130. The molecule has 2 aromatic carbocycles. The van der Waals surface area contributed by atoms with E-state index >= 15 is 0 Å². The molecule has 0 aliphatic heterocycles. The lowest BCUT2D eigenvalue weighted by atomic mass is 9.84. The lowest BCUT2D eigenvalue weighted by Gasteiger charge is -2.35. The molecule has 0 saturated heterocycles. The van der Waals surface area contributed by atoms with Crippen molar-refractivity contribution in [2.45, 2.75) is 31.8 Å². The number of hydrogen-bond donors (Lipinski definition) is 2. The molecule has 2 aromatic rings. The van der Waals surface area contributed by atoms with E-state index in [4.69, 9.17) is 11.6 Å². The van der Waals surface area contributed by atoms with E-state index in [1.54, 1.807) is 4.90 Å². The summed E-state index contributed by atoms with van der Waals surface area (Å²) in [6.45, 7) is 4.01. The summed E-state index contributed by atoms with van der Waals surface area (Å²) in [4.78, 5) is 25.4. The van der Waals surface area contributed by atoms with Gasteiger partial charge in [-0.1, -0.05) is 60.7 Å². The molecule has 0 aromatic heterocycles. The van der Waals surface area contributed by atoms with Crippen LogP contribution >= 0.6 is 11.6 Å². The zero-order valence-corrected chi connectivity index (χ0v) is 16.3. The normalized spacial score (nSPS) is 12.0. The third-order valence-electron chi connectivity index (χ3n) is 4.48. The van der Waals surface area contributed by atoms with E-state index in [0.717, 1.165) is 11.1 Å². The predicted octanol–water partition coefficient (Wildman–Crippen LogP) is 3.93. The van der Waals surface area contributed by atoms with Crippen molar-refractivity contribution in [1.29, 1.82) is 0 Å². The standard InChI is InChI=1S/C21H25ClN2O3/c1-15(2)24(19(25)13-22)14-18(23-21(26)27)20(16-9-5-3-6-10-16)17-11-7-4-8-12-17/h3-12,15,18,20,23H,13-14H2,1-2H3,(H,26,27)/t18-/m1/s1. The van der Waals surface area contributed by atoms with Gasteiger partial charge in [0.2, 0.25) is 5.91 Å². The SMILES string of the molecule is CC(C)N(C[C@@H](NC(=O)O)C(c1ccccc1)c1ccccc1)C(=O)CCl. The monoisotopic (exact) mass is 388 g/mol. The van der Waals surface area contributed by atoms with Crippen molar-refractivity contribution in [2.24, 2.45) is 0 Å². The van der Waals surface area contributed by atoms with Crippen LogP contribution in [0.4, 0.5) is 4.79 Å². The summed E-state index contributed by atoms with van der Waals surface area (Å²) in [6, 6.07) is 18.8. The molecule has 2 N–H and O–H groups in total. The molecule has 27 heavy (non-hydrogen) atoms. The van der Waals surface area contributed by atoms with Crippen LogP contribution in [-0.4, -0.2) is 46.5 Å². The van der Waals surface area contributed by atoms with E-state index in [1.807, 2.05) is 74.5 Å². The van der Waals surface area contributed by atoms with Crippen molar-refractivity contribution in [2.75, 3.05) is 12.4 Å². The summed E-state index contributed by atoms with van der Waals surface area (Å²) in [6.07, 6.45) is -1.13. The van der Waals surface area contributed by atoms with Crippen molar-refractivity contribution >= 4 is 23.6 Å². The Hall–Kier alpha value is -2.53. The zero-order chi connectivity index (χ0) is 19.8. The number of rotatable bonds is 8. The highest BCUT2D eigenvalue weighted by atomic mass is 35.5. The first-order chi connectivity index (χ1) is 12.9. The van der Waals surface area contributed by atoms with Crippen molar-refractivity contribution < 1.29 is 14.7 Å². The van der Waals surface area contributed by atoms with Gasteiger partial charge in [0, 0.05) is 18.5 Å². The first-order valence-corrected chi connectivity index (χ1v) is 9.42. The average Bonchev–Trinajstić information content (AvgIpc) is 2.66. The number of nitrogens with one attached hydrogen (secondary N) is 1. The van der Waals surface area contributed by atoms with E-state index in [-0.39, 0.29) is 30.3 Å². The van der Waals surface area contributed by atoms with Crippen LogP contribution in [0.25, 0.3) is 0 Å². The van der Waals surface area contributed by atoms with Gasteiger partial charge in [-0.05, 0) is 25.0 Å². The Morgan fingerprint density at radius 3 is 1.85 bits per heavy atom. The van der Waals surface area contributed by atoms with Gasteiger partial charge in [-0.3, -0.25) is 4.79 Å². The lowest BCUT2D eigenvalue weighted by Crippen LogP contribution is -2.51. The number of carboxylic acid groups (broad SMARTS) is 1. The third-order valence-corrected chi connectivity index (χ3v) is 4.71. The quantitative estimate of drug-likeness (QED) is 0.673. The minimum atomic E-state index is -1.13. The van der Waals surface area contributed by atoms with Gasteiger partial charge in [0.15, 0.2) is 0 Å². The second-order valence-electron chi connectivity index (χ2n) is 6.63. The van der Waals surface area contributed by atoms with Gasteiger partial charge < -0.3 is 15.3 Å². The first-order valence-electron chi connectivity index (χ1n) is 8.88. The van der Waals surface area contributed by atoms with Gasteiger partial charge in [-0.25, -0.2) is 4.79 Å². The van der Waals surface area contributed by atoms with Crippen LogP contribution in [0.15, 0.2) is 60.7 Å². The molecule has 1 atom stereocenters. The highest BCUT2D eigenvalue weighted by Gasteiger charge is 2.30. The number of nitrogens with zero attached hydrogens (tertiary/aromatic N) is 1. The maximum atomic E-state index is 12.3. The smallest absolute Gasteiger partial charge is 0.404 e. The molecule has 0 bridgehead atoms. The molecule has 0 unspecified atom stereocenters. The molecule has 2 rings (SSSR count). The molecule has 0 heterocycles.